The van der Waals surface area contributed by atoms with Crippen LogP contribution >= 0.6 is 11.6 Å². The van der Waals surface area contributed by atoms with Gasteiger partial charge in [0, 0.05) is 5.56 Å². The summed E-state index contributed by atoms with van der Waals surface area (Å²) in [6.07, 6.45) is -1.52. The van der Waals surface area contributed by atoms with Gasteiger partial charge >= 0.3 is 5.97 Å². The topological polar surface area (TPSA) is 76.0 Å². The van der Waals surface area contributed by atoms with Crippen LogP contribution in [0.3, 0.4) is 0 Å². The van der Waals surface area contributed by atoms with E-state index in [0.717, 1.165) is 0 Å². The smallest absolute Gasteiger partial charge is 0.339 e. The van der Waals surface area contributed by atoms with E-state index in [1.807, 2.05) is 0 Å². The normalized spacial score (nSPS) is 12.0. The number of aliphatic hydroxyl groups excluding tert-OH is 1. The first kappa shape index (κ1) is 13.6. The Morgan fingerprint density at radius 3 is 2.71 bits per heavy atom. The van der Waals surface area contributed by atoms with Crippen LogP contribution in [0.4, 0.5) is 0 Å². The average molecular weight is 261 g/mol. The number of hydrogen-bond donors (Lipinski definition) is 2. The zero-order valence-electron chi connectivity index (χ0n) is 9.44. The van der Waals surface area contributed by atoms with Crippen LogP contribution in [0.2, 0.25) is 5.02 Å². The third kappa shape index (κ3) is 2.81. The fraction of sp³-hybridized carbons (Fsp3) is 0.364. The summed E-state index contributed by atoms with van der Waals surface area (Å²) in [6, 6.07) is 2.75. The van der Waals surface area contributed by atoms with E-state index in [-0.39, 0.29) is 28.7 Å². The lowest BCUT2D eigenvalue weighted by atomic mass is 10.1. The van der Waals surface area contributed by atoms with Crippen molar-refractivity contribution < 1.29 is 24.5 Å². The number of carbonyl (C=O) groups is 1. The number of hydrogen-bond acceptors (Lipinski definition) is 5. The first-order valence-electron chi connectivity index (χ1n) is 4.93. The van der Waals surface area contributed by atoms with Crippen LogP contribution in [-0.2, 0) is 9.53 Å². The fourth-order valence-electron chi connectivity index (χ4n) is 1.34. The van der Waals surface area contributed by atoms with E-state index in [9.17, 15) is 15.0 Å². The second-order valence-corrected chi connectivity index (χ2v) is 3.58. The van der Waals surface area contributed by atoms with Crippen molar-refractivity contribution in [2.75, 3.05) is 13.7 Å². The molecule has 0 bridgehead atoms. The number of ether oxygens (including phenoxy) is 2. The van der Waals surface area contributed by atoms with Crippen LogP contribution in [0, 0.1) is 0 Å². The van der Waals surface area contributed by atoms with Gasteiger partial charge in [-0.05, 0) is 13.0 Å². The molecule has 6 heteroatoms. The quantitative estimate of drug-likeness (QED) is 0.805. The van der Waals surface area contributed by atoms with Gasteiger partial charge in [-0.2, -0.15) is 0 Å². The summed E-state index contributed by atoms with van der Waals surface area (Å²) in [5, 5.41) is 19.4. The van der Waals surface area contributed by atoms with Crippen LogP contribution in [0.15, 0.2) is 12.1 Å². The molecule has 17 heavy (non-hydrogen) atoms. The predicted octanol–water partition coefficient (Wildman–Crippen LogP) is 1.65. The zero-order chi connectivity index (χ0) is 13.0. The van der Waals surface area contributed by atoms with Gasteiger partial charge in [-0.1, -0.05) is 17.7 Å². The Balaban J connectivity index is 3.13. The number of phenols is 1. The molecule has 0 aliphatic heterocycles. The number of aliphatic hydroxyl groups is 1. The second-order valence-electron chi connectivity index (χ2n) is 3.17. The Bertz CT molecular complexity index is 419. The number of esters is 1. The van der Waals surface area contributed by atoms with E-state index >= 15 is 0 Å². The minimum absolute atomic E-state index is 0.0435. The second kappa shape index (κ2) is 5.75. The molecule has 0 saturated carbocycles. The number of methoxy groups -OCH3 is 1. The average Bonchev–Trinajstić information content (AvgIpc) is 2.31. The molecule has 1 atom stereocenters. The molecule has 94 valence electrons. The highest BCUT2D eigenvalue weighted by Crippen LogP contribution is 2.39. The lowest BCUT2D eigenvalue weighted by Crippen LogP contribution is -2.16. The highest BCUT2D eigenvalue weighted by molar-refractivity contribution is 6.32. The number of carbonyl (C=O) groups excluding carboxylic acids is 1. The van der Waals surface area contributed by atoms with Gasteiger partial charge in [0.1, 0.15) is 0 Å². The Kier molecular flexibility index (Phi) is 4.60. The summed E-state index contributed by atoms with van der Waals surface area (Å²) in [7, 11) is 1.30. The summed E-state index contributed by atoms with van der Waals surface area (Å²) in [5.41, 5.74) is 0.104. The van der Waals surface area contributed by atoms with Crippen molar-refractivity contribution in [3.63, 3.8) is 0 Å². The molecule has 1 unspecified atom stereocenters. The number of phenolic OH excluding ortho intramolecular Hbond substituents is 1. The monoisotopic (exact) mass is 260 g/mol. The largest absolute Gasteiger partial charge is 0.503 e. The van der Waals surface area contributed by atoms with E-state index in [1.54, 1.807) is 6.92 Å². The van der Waals surface area contributed by atoms with Crippen LogP contribution < -0.4 is 4.74 Å². The highest BCUT2D eigenvalue weighted by atomic mass is 35.5. The van der Waals surface area contributed by atoms with Crippen molar-refractivity contribution in [2.24, 2.45) is 0 Å². The lowest BCUT2D eigenvalue weighted by Gasteiger charge is -2.15. The van der Waals surface area contributed by atoms with Crippen molar-refractivity contribution in [3.8, 4) is 11.5 Å². The maximum Gasteiger partial charge on any atom is 0.339 e. The molecule has 1 aromatic carbocycles. The summed E-state index contributed by atoms with van der Waals surface area (Å²) in [4.78, 5) is 11.4. The Morgan fingerprint density at radius 1 is 1.53 bits per heavy atom. The summed E-state index contributed by atoms with van der Waals surface area (Å²) < 4.78 is 9.57. The van der Waals surface area contributed by atoms with Crippen molar-refractivity contribution in [2.45, 2.75) is 13.0 Å². The van der Waals surface area contributed by atoms with Gasteiger partial charge in [0.05, 0.1) is 18.7 Å². The number of rotatable bonds is 4. The van der Waals surface area contributed by atoms with Gasteiger partial charge in [0.25, 0.3) is 0 Å². The molecule has 0 aliphatic rings. The summed E-state index contributed by atoms with van der Waals surface area (Å²) >= 11 is 5.68. The predicted molar refractivity (Wildman–Crippen MR) is 61.3 cm³/mol. The number of aromatic hydroxyl groups is 1. The molecule has 0 aliphatic carbocycles. The maximum absolute atomic E-state index is 11.4. The molecule has 0 aromatic heterocycles. The first-order chi connectivity index (χ1) is 8.02. The van der Waals surface area contributed by atoms with Crippen molar-refractivity contribution >= 4 is 17.6 Å². The molecule has 1 rings (SSSR count). The van der Waals surface area contributed by atoms with Crippen molar-refractivity contribution in [1.82, 2.24) is 0 Å². The molecule has 0 heterocycles. The molecule has 0 radical (unpaired) electrons. The van der Waals surface area contributed by atoms with E-state index in [1.165, 1.54) is 19.2 Å². The fourth-order valence-corrected chi connectivity index (χ4v) is 1.49. The summed E-state index contributed by atoms with van der Waals surface area (Å²) in [6.45, 7) is 1.78. The SMILES string of the molecule is CCOC(=O)C(O)c1ccc(Cl)c(O)c1OC. The molecule has 0 fully saturated rings. The maximum atomic E-state index is 11.4. The van der Waals surface area contributed by atoms with Gasteiger partial charge in [0.2, 0.25) is 0 Å². The van der Waals surface area contributed by atoms with Crippen LogP contribution in [0.1, 0.15) is 18.6 Å². The molecular formula is C11H13ClO5. The van der Waals surface area contributed by atoms with Gasteiger partial charge in [-0.3, -0.25) is 0 Å². The third-order valence-corrected chi connectivity index (χ3v) is 2.43. The zero-order valence-corrected chi connectivity index (χ0v) is 10.2. The number of halogens is 1. The molecule has 0 spiro atoms. The Labute approximate surface area is 104 Å². The lowest BCUT2D eigenvalue weighted by molar-refractivity contribution is -0.153. The van der Waals surface area contributed by atoms with E-state index < -0.39 is 12.1 Å². The summed E-state index contributed by atoms with van der Waals surface area (Å²) in [5.74, 6) is -1.18. The molecule has 1 aromatic rings. The standard InChI is InChI=1S/C11H13ClO5/c1-3-17-11(15)8(13)6-4-5-7(12)9(14)10(6)16-2/h4-5,8,13-14H,3H2,1-2H3. The van der Waals surface area contributed by atoms with Gasteiger partial charge in [-0.15, -0.1) is 0 Å². The van der Waals surface area contributed by atoms with Gasteiger partial charge in [-0.25, -0.2) is 4.79 Å². The minimum Gasteiger partial charge on any atom is -0.503 e. The Morgan fingerprint density at radius 2 is 2.18 bits per heavy atom. The molecule has 5 nitrogen and oxygen atoms in total. The first-order valence-corrected chi connectivity index (χ1v) is 5.30. The van der Waals surface area contributed by atoms with Crippen molar-refractivity contribution in [1.29, 1.82) is 0 Å². The van der Waals surface area contributed by atoms with Gasteiger partial charge in [0.15, 0.2) is 17.6 Å². The van der Waals surface area contributed by atoms with Crippen LogP contribution in [-0.4, -0.2) is 29.9 Å². The molecule has 0 saturated heterocycles. The Hall–Kier alpha value is -1.46. The third-order valence-electron chi connectivity index (χ3n) is 2.12. The van der Waals surface area contributed by atoms with E-state index in [2.05, 4.69) is 4.74 Å². The minimum atomic E-state index is -1.52. The van der Waals surface area contributed by atoms with E-state index in [0.29, 0.717) is 0 Å². The van der Waals surface area contributed by atoms with Crippen molar-refractivity contribution in [3.05, 3.63) is 22.7 Å². The molecule has 0 amide bonds. The van der Waals surface area contributed by atoms with Crippen LogP contribution in [0.5, 0.6) is 11.5 Å². The van der Waals surface area contributed by atoms with Gasteiger partial charge < -0.3 is 19.7 Å². The number of benzene rings is 1. The molecule has 2 N–H and O–H groups in total. The van der Waals surface area contributed by atoms with Crippen LogP contribution in [0.25, 0.3) is 0 Å². The molecular weight excluding hydrogens is 248 g/mol. The van der Waals surface area contributed by atoms with E-state index in [4.69, 9.17) is 16.3 Å². The highest BCUT2D eigenvalue weighted by Gasteiger charge is 2.25.